The quantitative estimate of drug-likeness (QED) is 0.403. The maximum Gasteiger partial charge on any atom is 0.228 e. The number of halogens is 2. The summed E-state index contributed by atoms with van der Waals surface area (Å²) in [4.78, 5) is 18.7. The monoisotopic (exact) mass is 523 g/mol. The van der Waals surface area contributed by atoms with Crippen molar-refractivity contribution >= 4 is 23.0 Å². The number of aryl methyl sites for hydroxylation is 1. The van der Waals surface area contributed by atoms with Crippen LogP contribution in [0.5, 0.6) is 0 Å². The molecule has 0 saturated carbocycles. The lowest BCUT2D eigenvalue weighted by molar-refractivity contribution is -0.138. The summed E-state index contributed by atoms with van der Waals surface area (Å²) < 4.78 is 17.0. The fourth-order valence-electron chi connectivity index (χ4n) is 5.14. The smallest absolute Gasteiger partial charge is 0.228 e. The van der Waals surface area contributed by atoms with Gasteiger partial charge in [-0.25, -0.2) is 8.91 Å². The summed E-state index contributed by atoms with van der Waals surface area (Å²) in [7, 11) is 0. The van der Waals surface area contributed by atoms with E-state index >= 15 is 0 Å². The maximum absolute atomic E-state index is 13.2. The van der Waals surface area contributed by atoms with Crippen molar-refractivity contribution in [1.29, 1.82) is 0 Å². The highest BCUT2D eigenvalue weighted by molar-refractivity contribution is 6.34. The summed E-state index contributed by atoms with van der Waals surface area (Å²) in [6.45, 7) is 5.39. The van der Waals surface area contributed by atoms with Crippen LogP contribution in [0.25, 0.3) is 16.8 Å². The van der Waals surface area contributed by atoms with Gasteiger partial charge in [0.05, 0.1) is 65.1 Å². The summed E-state index contributed by atoms with van der Waals surface area (Å²) in [5.41, 5.74) is 5.91. The molecule has 0 radical (unpaired) electrons. The van der Waals surface area contributed by atoms with Crippen molar-refractivity contribution in [2.75, 3.05) is 19.6 Å². The first-order valence-corrected chi connectivity index (χ1v) is 12.8. The first-order valence-electron chi connectivity index (χ1n) is 12.4. The molecule has 6 heterocycles. The number of aliphatic hydroxyl groups excluding tert-OH is 1. The molecule has 1 atom stereocenters. The Kier molecular flexibility index (Phi) is 6.18. The molecule has 1 fully saturated rings. The predicted molar refractivity (Wildman–Crippen MR) is 135 cm³/mol. The number of hydrogen-bond donors (Lipinski definition) is 2. The number of aromatic nitrogens is 5. The number of carbonyl (C=O) groups excluding carboxylic acids is 1. The molecule has 0 spiro atoms. The van der Waals surface area contributed by atoms with Crippen LogP contribution in [0.3, 0.4) is 0 Å². The van der Waals surface area contributed by atoms with E-state index in [1.54, 1.807) is 10.7 Å². The average molecular weight is 524 g/mol. The van der Waals surface area contributed by atoms with Gasteiger partial charge in [0, 0.05) is 37.0 Å². The molecule has 2 aliphatic heterocycles. The van der Waals surface area contributed by atoms with E-state index in [0.29, 0.717) is 43.2 Å². The Morgan fingerprint density at radius 1 is 1.30 bits per heavy atom. The number of rotatable bonds is 6. The molecule has 1 amide bonds. The lowest BCUT2D eigenvalue weighted by Crippen LogP contribution is -2.53. The summed E-state index contributed by atoms with van der Waals surface area (Å²) >= 11 is 6.47. The van der Waals surface area contributed by atoms with Crippen LogP contribution < -0.4 is 5.32 Å². The van der Waals surface area contributed by atoms with Crippen LogP contribution in [0.4, 0.5) is 4.39 Å². The zero-order chi connectivity index (χ0) is 25.7. The highest BCUT2D eigenvalue weighted by Gasteiger charge is 2.32. The number of amides is 1. The van der Waals surface area contributed by atoms with Gasteiger partial charge >= 0.3 is 0 Å². The predicted octanol–water partition coefficient (Wildman–Crippen LogP) is 2.92. The van der Waals surface area contributed by atoms with E-state index in [4.69, 9.17) is 16.7 Å². The van der Waals surface area contributed by atoms with Crippen molar-refractivity contribution in [3.8, 4) is 11.3 Å². The number of nitrogens with zero attached hydrogens (tertiary/aromatic N) is 6. The van der Waals surface area contributed by atoms with Crippen LogP contribution in [0, 0.1) is 18.7 Å². The van der Waals surface area contributed by atoms with Gasteiger partial charge in [0.15, 0.2) is 0 Å². The SMILES string of the molecule is Cc1c(-c2cc(CCC(O)c3ccc(F)cn3)c3c(Cl)cnn3c2)nn2c1CN(C(=O)C1CNC1)CC2. The molecule has 4 aromatic heterocycles. The van der Waals surface area contributed by atoms with Gasteiger partial charge in [-0.2, -0.15) is 10.2 Å². The van der Waals surface area contributed by atoms with Gasteiger partial charge in [-0.15, -0.1) is 0 Å². The molecule has 0 aliphatic carbocycles. The Labute approximate surface area is 217 Å². The first-order chi connectivity index (χ1) is 17.9. The second-order valence-electron chi connectivity index (χ2n) is 9.75. The highest BCUT2D eigenvalue weighted by atomic mass is 35.5. The topological polar surface area (TPSA) is 101 Å². The minimum Gasteiger partial charge on any atom is -0.387 e. The second-order valence-corrected chi connectivity index (χ2v) is 10.2. The third kappa shape index (κ3) is 4.39. The van der Waals surface area contributed by atoms with Gasteiger partial charge in [0.1, 0.15) is 5.82 Å². The van der Waals surface area contributed by atoms with E-state index in [9.17, 15) is 14.3 Å². The van der Waals surface area contributed by atoms with Crippen molar-refractivity contribution in [3.05, 3.63) is 70.1 Å². The van der Waals surface area contributed by atoms with Gasteiger partial charge in [-0.3, -0.25) is 14.5 Å². The summed E-state index contributed by atoms with van der Waals surface area (Å²) in [6, 6.07) is 4.82. The molecular formula is C26H27ClFN7O2. The zero-order valence-electron chi connectivity index (χ0n) is 20.4. The molecule has 11 heteroatoms. The zero-order valence-corrected chi connectivity index (χ0v) is 21.1. The largest absolute Gasteiger partial charge is 0.387 e. The molecule has 9 nitrogen and oxygen atoms in total. The molecule has 6 rings (SSSR count). The molecule has 1 saturated heterocycles. The van der Waals surface area contributed by atoms with E-state index in [0.717, 1.165) is 52.9 Å². The Hall–Kier alpha value is -3.34. The summed E-state index contributed by atoms with van der Waals surface area (Å²) in [5, 5.41) is 23.7. The van der Waals surface area contributed by atoms with Crippen LogP contribution in [-0.2, 0) is 24.3 Å². The van der Waals surface area contributed by atoms with Crippen molar-refractivity contribution in [3.63, 3.8) is 0 Å². The Morgan fingerprint density at radius 2 is 2.14 bits per heavy atom. The van der Waals surface area contributed by atoms with E-state index in [-0.39, 0.29) is 11.8 Å². The fraction of sp³-hybridized carbons (Fsp3) is 0.385. The van der Waals surface area contributed by atoms with Gasteiger partial charge in [0.25, 0.3) is 0 Å². The first kappa shape index (κ1) is 24.0. The summed E-state index contributed by atoms with van der Waals surface area (Å²) in [6.07, 6.45) is 4.66. The van der Waals surface area contributed by atoms with Crippen molar-refractivity contribution in [2.24, 2.45) is 5.92 Å². The van der Waals surface area contributed by atoms with Crippen LogP contribution >= 0.6 is 11.6 Å². The van der Waals surface area contributed by atoms with E-state index < -0.39 is 11.9 Å². The number of hydrogen-bond acceptors (Lipinski definition) is 6. The highest BCUT2D eigenvalue weighted by Crippen LogP contribution is 2.32. The second kappa shape index (κ2) is 9.51. The Balaban J connectivity index is 1.29. The molecular weight excluding hydrogens is 497 g/mol. The number of pyridine rings is 2. The maximum atomic E-state index is 13.2. The lowest BCUT2D eigenvalue weighted by Gasteiger charge is -2.34. The number of carbonyl (C=O) groups is 1. The van der Waals surface area contributed by atoms with E-state index in [1.165, 1.54) is 12.1 Å². The van der Waals surface area contributed by atoms with Gasteiger partial charge in [-0.05, 0) is 43.5 Å². The van der Waals surface area contributed by atoms with Gasteiger partial charge in [0.2, 0.25) is 5.91 Å². The third-order valence-corrected chi connectivity index (χ3v) is 7.66. The Morgan fingerprint density at radius 3 is 2.86 bits per heavy atom. The summed E-state index contributed by atoms with van der Waals surface area (Å²) in [5.74, 6) is -0.164. The van der Waals surface area contributed by atoms with Crippen molar-refractivity contribution in [2.45, 2.75) is 39.0 Å². The molecule has 0 aromatic carbocycles. The van der Waals surface area contributed by atoms with Crippen LogP contribution in [-0.4, -0.2) is 59.9 Å². The molecule has 2 aliphatic rings. The Bertz CT molecular complexity index is 1480. The van der Waals surface area contributed by atoms with Gasteiger partial charge in [-0.1, -0.05) is 11.6 Å². The van der Waals surface area contributed by atoms with E-state index in [2.05, 4.69) is 15.4 Å². The molecule has 1 unspecified atom stereocenters. The fourth-order valence-corrected chi connectivity index (χ4v) is 5.39. The molecule has 4 aromatic rings. The normalized spacial score (nSPS) is 16.6. The lowest BCUT2D eigenvalue weighted by atomic mass is 10.00. The minimum absolute atomic E-state index is 0.0734. The molecule has 37 heavy (non-hydrogen) atoms. The molecule has 192 valence electrons. The number of aliphatic hydroxyl groups is 1. The van der Waals surface area contributed by atoms with Crippen molar-refractivity contribution in [1.82, 2.24) is 34.6 Å². The average Bonchev–Trinajstić information content (AvgIpc) is 3.41. The van der Waals surface area contributed by atoms with Crippen LogP contribution in [0.2, 0.25) is 5.02 Å². The van der Waals surface area contributed by atoms with Crippen LogP contribution in [0.15, 0.2) is 36.8 Å². The van der Waals surface area contributed by atoms with Crippen LogP contribution in [0.1, 0.15) is 35.0 Å². The number of nitrogens with one attached hydrogen (secondary N) is 1. The van der Waals surface area contributed by atoms with Gasteiger partial charge < -0.3 is 15.3 Å². The third-order valence-electron chi connectivity index (χ3n) is 7.38. The number of fused-ring (bicyclic) bond motifs is 2. The van der Waals surface area contributed by atoms with Crippen molar-refractivity contribution < 1.29 is 14.3 Å². The molecule has 2 N–H and O–H groups in total. The molecule has 0 bridgehead atoms. The minimum atomic E-state index is -0.845. The standard InChI is InChI=1S/C26H27ClFN7O2/c1-15-22-14-33(26(37)18-9-29-10-18)6-7-34(22)32-24(15)17-8-16(25-20(27)12-31-35(25)13-17)2-5-23(36)21-4-3-19(28)11-30-21/h3-4,8,11-13,18,23,29,36H,2,5-7,9-10,14H2,1H3. The van der Waals surface area contributed by atoms with E-state index in [1.807, 2.05) is 28.8 Å².